The van der Waals surface area contributed by atoms with Gasteiger partial charge in [-0.2, -0.15) is 0 Å². The number of morpholine rings is 1. The normalized spacial score (nSPS) is 20.1. The van der Waals surface area contributed by atoms with Crippen LogP contribution < -0.4 is 0 Å². The lowest BCUT2D eigenvalue weighted by Crippen LogP contribution is -2.47. The van der Waals surface area contributed by atoms with E-state index in [0.29, 0.717) is 0 Å². The van der Waals surface area contributed by atoms with E-state index in [0.717, 1.165) is 72.3 Å². The molecule has 2 aliphatic heterocycles. The number of hydrogen-bond donors (Lipinski definition) is 0. The lowest BCUT2D eigenvalue weighted by atomic mass is 10.4. The monoisotopic (exact) mass is 286 g/mol. The first kappa shape index (κ1) is 15.5. The van der Waals surface area contributed by atoms with Crippen LogP contribution in [0.1, 0.15) is 6.92 Å². The summed E-state index contributed by atoms with van der Waals surface area (Å²) in [7, 11) is 1.76. The van der Waals surface area contributed by atoms with Gasteiger partial charge in [0.2, 0.25) is 0 Å². The molecule has 0 aromatic carbocycles. The van der Waals surface area contributed by atoms with E-state index in [-0.39, 0.29) is 0 Å². The smallest absolute Gasteiger partial charge is 0.351 e. The highest BCUT2D eigenvalue weighted by atomic mass is 16.5. The van der Waals surface area contributed by atoms with Gasteiger partial charge in [0, 0.05) is 13.7 Å². The summed E-state index contributed by atoms with van der Waals surface area (Å²) in [6, 6.07) is 0. The lowest BCUT2D eigenvalue weighted by molar-refractivity contribution is -0.557. The Bertz CT molecular complexity index is 315. The second kappa shape index (κ2) is 8.44. The Kier molecular flexibility index (Phi) is 6.56. The first-order valence-corrected chi connectivity index (χ1v) is 7.63. The van der Waals surface area contributed by atoms with Gasteiger partial charge in [-0.15, -0.1) is 0 Å². The van der Waals surface area contributed by atoms with Crippen LogP contribution in [-0.4, -0.2) is 99.7 Å². The molecular weight excluding hydrogens is 258 g/mol. The largest absolute Gasteiger partial charge is 0.381 e. The average Bonchev–Trinajstić information content (AvgIpc) is 2.89. The van der Waals surface area contributed by atoms with E-state index in [4.69, 9.17) is 14.2 Å². The Morgan fingerprint density at radius 3 is 2.35 bits per heavy atom. The van der Waals surface area contributed by atoms with Crippen molar-refractivity contribution in [1.82, 2.24) is 9.80 Å². The van der Waals surface area contributed by atoms with Gasteiger partial charge >= 0.3 is 5.96 Å². The van der Waals surface area contributed by atoms with Crippen molar-refractivity contribution in [3.8, 4) is 0 Å². The van der Waals surface area contributed by atoms with Crippen molar-refractivity contribution in [1.29, 1.82) is 0 Å². The van der Waals surface area contributed by atoms with Crippen molar-refractivity contribution in [3.63, 3.8) is 0 Å². The zero-order chi connectivity index (χ0) is 14.2. The van der Waals surface area contributed by atoms with Crippen LogP contribution in [0.5, 0.6) is 0 Å². The fourth-order valence-corrected chi connectivity index (χ4v) is 2.75. The third-order valence-electron chi connectivity index (χ3n) is 3.77. The maximum absolute atomic E-state index is 5.51. The molecule has 2 heterocycles. The summed E-state index contributed by atoms with van der Waals surface area (Å²) >= 11 is 0. The molecule has 0 atom stereocenters. The van der Waals surface area contributed by atoms with E-state index in [9.17, 15) is 0 Å². The van der Waals surface area contributed by atoms with Gasteiger partial charge in [0.15, 0.2) is 0 Å². The topological polar surface area (TPSA) is 37.2 Å². The molecule has 0 amide bonds. The molecular formula is C14H28N3O3+. The molecule has 6 heteroatoms. The van der Waals surface area contributed by atoms with E-state index >= 15 is 0 Å². The van der Waals surface area contributed by atoms with Crippen molar-refractivity contribution in [2.75, 3.05) is 79.4 Å². The highest BCUT2D eigenvalue weighted by molar-refractivity contribution is 5.77. The van der Waals surface area contributed by atoms with Crippen LogP contribution in [-0.2, 0) is 14.2 Å². The number of rotatable bonds is 7. The molecule has 0 aliphatic carbocycles. The molecule has 2 rings (SSSR count). The van der Waals surface area contributed by atoms with Gasteiger partial charge < -0.3 is 14.2 Å². The van der Waals surface area contributed by atoms with Crippen molar-refractivity contribution in [3.05, 3.63) is 0 Å². The maximum Gasteiger partial charge on any atom is 0.351 e. The third kappa shape index (κ3) is 4.07. The number of nitrogens with zero attached hydrogens (tertiary/aromatic N) is 3. The zero-order valence-corrected chi connectivity index (χ0v) is 12.8. The summed E-state index contributed by atoms with van der Waals surface area (Å²) in [5.74, 6) is 1.34. The second-order valence-corrected chi connectivity index (χ2v) is 5.06. The van der Waals surface area contributed by atoms with Crippen LogP contribution in [0, 0.1) is 0 Å². The van der Waals surface area contributed by atoms with Crippen LogP contribution in [0.4, 0.5) is 0 Å². The van der Waals surface area contributed by atoms with Crippen molar-refractivity contribution in [2.24, 2.45) is 0 Å². The Hall–Kier alpha value is -0.850. The zero-order valence-electron chi connectivity index (χ0n) is 12.8. The van der Waals surface area contributed by atoms with E-state index in [2.05, 4.69) is 14.4 Å². The number of guanidine groups is 1. The number of ether oxygens (including phenoxy) is 3. The van der Waals surface area contributed by atoms with Gasteiger partial charge in [-0.1, -0.05) is 0 Å². The summed E-state index contributed by atoms with van der Waals surface area (Å²) < 4.78 is 18.6. The molecule has 0 bridgehead atoms. The average molecular weight is 286 g/mol. The molecule has 116 valence electrons. The van der Waals surface area contributed by atoms with E-state index in [1.807, 2.05) is 6.92 Å². The molecule has 6 nitrogen and oxygen atoms in total. The van der Waals surface area contributed by atoms with Gasteiger partial charge in [0.05, 0.1) is 65.7 Å². The van der Waals surface area contributed by atoms with Gasteiger partial charge in [-0.25, -0.2) is 0 Å². The lowest BCUT2D eigenvalue weighted by Gasteiger charge is -2.24. The van der Waals surface area contributed by atoms with Gasteiger partial charge in [-0.05, 0) is 6.92 Å². The van der Waals surface area contributed by atoms with Crippen molar-refractivity contribution < 1.29 is 18.8 Å². The standard InChI is InChI=1S/C14H28N3O3/c1-3-19-11-7-16-5-4-15(6-10-18-2)14(16)17-8-12-20-13-9-17/h3-13H2,1-2H3/q+1. The fourth-order valence-electron chi connectivity index (χ4n) is 2.75. The van der Waals surface area contributed by atoms with Crippen LogP contribution in [0.25, 0.3) is 0 Å². The predicted molar refractivity (Wildman–Crippen MR) is 77.3 cm³/mol. The molecule has 2 saturated heterocycles. The summed E-state index contributed by atoms with van der Waals surface area (Å²) in [6.45, 7) is 12.0. The quantitative estimate of drug-likeness (QED) is 0.474. The molecule has 2 aliphatic rings. The van der Waals surface area contributed by atoms with E-state index in [1.54, 1.807) is 7.11 Å². The Morgan fingerprint density at radius 2 is 1.75 bits per heavy atom. The molecule has 0 aromatic heterocycles. The minimum atomic E-state index is 0.771. The predicted octanol–water partition coefficient (Wildman–Crippen LogP) is -0.314. The molecule has 0 N–H and O–H groups in total. The SMILES string of the molecule is CCOCCN1CCN(CCOC)C1=[N+]1CCOCC1. The molecule has 0 aromatic rings. The molecule has 2 fully saturated rings. The van der Waals surface area contributed by atoms with Gasteiger partial charge in [0.1, 0.15) is 0 Å². The Balaban J connectivity index is 2.03. The van der Waals surface area contributed by atoms with Crippen molar-refractivity contribution >= 4 is 5.96 Å². The minimum absolute atomic E-state index is 0.771. The van der Waals surface area contributed by atoms with Gasteiger partial charge in [-0.3, -0.25) is 14.4 Å². The second-order valence-electron chi connectivity index (χ2n) is 5.06. The Labute approximate surface area is 121 Å². The molecule has 0 unspecified atom stereocenters. The van der Waals surface area contributed by atoms with Crippen LogP contribution in [0.15, 0.2) is 0 Å². The molecule has 0 saturated carbocycles. The van der Waals surface area contributed by atoms with Crippen LogP contribution >= 0.6 is 0 Å². The van der Waals surface area contributed by atoms with Crippen molar-refractivity contribution in [2.45, 2.75) is 6.92 Å². The van der Waals surface area contributed by atoms with Crippen LogP contribution in [0.2, 0.25) is 0 Å². The molecule has 0 radical (unpaired) electrons. The third-order valence-corrected chi connectivity index (χ3v) is 3.77. The highest BCUT2D eigenvalue weighted by Gasteiger charge is 2.36. The number of methoxy groups -OCH3 is 1. The first-order chi connectivity index (χ1) is 9.86. The van der Waals surface area contributed by atoms with E-state index < -0.39 is 0 Å². The summed E-state index contributed by atoms with van der Waals surface area (Å²) in [6.07, 6.45) is 0. The summed E-state index contributed by atoms with van der Waals surface area (Å²) in [4.78, 5) is 4.87. The van der Waals surface area contributed by atoms with Crippen LogP contribution in [0.3, 0.4) is 0 Å². The Morgan fingerprint density at radius 1 is 1.10 bits per heavy atom. The fraction of sp³-hybridized carbons (Fsp3) is 0.929. The summed E-state index contributed by atoms with van der Waals surface area (Å²) in [5.41, 5.74) is 0. The molecule has 0 spiro atoms. The van der Waals surface area contributed by atoms with E-state index in [1.165, 1.54) is 5.96 Å². The minimum Gasteiger partial charge on any atom is -0.381 e. The first-order valence-electron chi connectivity index (χ1n) is 7.63. The number of hydrogen-bond acceptors (Lipinski definition) is 3. The summed E-state index contributed by atoms with van der Waals surface area (Å²) in [5, 5.41) is 0. The van der Waals surface area contributed by atoms with Gasteiger partial charge in [0.25, 0.3) is 0 Å². The molecule has 20 heavy (non-hydrogen) atoms. The maximum atomic E-state index is 5.51. The highest BCUT2D eigenvalue weighted by Crippen LogP contribution is 2.10.